The lowest BCUT2D eigenvalue weighted by Crippen LogP contribution is -2.32. The maximum Gasteiger partial charge on any atom is 0.333 e. The molecule has 0 aliphatic heterocycles. The van der Waals surface area contributed by atoms with E-state index in [2.05, 4.69) is 4.84 Å². The monoisotopic (exact) mass is 215 g/mol. The van der Waals surface area contributed by atoms with Crippen LogP contribution in [0.1, 0.15) is 46.0 Å². The van der Waals surface area contributed by atoms with Crippen molar-refractivity contribution in [1.82, 2.24) is 5.06 Å². The van der Waals surface area contributed by atoms with Crippen molar-refractivity contribution >= 4 is 18.3 Å². The van der Waals surface area contributed by atoms with Crippen LogP contribution in [0, 0.1) is 0 Å². The van der Waals surface area contributed by atoms with Gasteiger partial charge in [-0.25, -0.2) is 4.79 Å². The smallest absolute Gasteiger partial charge is 0.331 e. The number of carbonyl (C=O) groups excluding carboxylic acids is 3. The van der Waals surface area contributed by atoms with Crippen LogP contribution in [0.4, 0.5) is 0 Å². The van der Waals surface area contributed by atoms with Gasteiger partial charge in [-0.15, -0.1) is 5.06 Å². The van der Waals surface area contributed by atoms with Crippen molar-refractivity contribution in [2.24, 2.45) is 0 Å². The number of hydrogen-bond donors (Lipinski definition) is 0. The summed E-state index contributed by atoms with van der Waals surface area (Å²) < 4.78 is 0. The van der Waals surface area contributed by atoms with Gasteiger partial charge < -0.3 is 4.84 Å². The van der Waals surface area contributed by atoms with E-state index in [1.54, 1.807) is 6.92 Å². The highest BCUT2D eigenvalue weighted by Crippen LogP contribution is 2.01. The zero-order valence-corrected chi connectivity index (χ0v) is 9.19. The Bertz CT molecular complexity index is 227. The predicted molar refractivity (Wildman–Crippen MR) is 53.4 cm³/mol. The van der Waals surface area contributed by atoms with Crippen LogP contribution in [0.2, 0.25) is 0 Å². The lowest BCUT2D eigenvalue weighted by atomic mass is 10.3. The number of carbonyl (C=O) groups is 3. The number of rotatable bonds is 6. The van der Waals surface area contributed by atoms with Crippen molar-refractivity contribution in [2.45, 2.75) is 46.0 Å². The molecule has 0 unspecified atom stereocenters. The molecular formula is C10H17NO4. The SMILES string of the molecule is CCCCC(=O)ON(C=O)C(=O)CCC. The molecule has 5 heteroatoms. The predicted octanol–water partition coefficient (Wildman–Crippen LogP) is 1.42. The standard InChI is InChI=1S/C10H17NO4/c1-3-5-7-10(14)15-11(8-12)9(13)6-4-2/h8H,3-7H2,1-2H3. The lowest BCUT2D eigenvalue weighted by Gasteiger charge is -2.13. The molecule has 0 aromatic heterocycles. The van der Waals surface area contributed by atoms with Gasteiger partial charge >= 0.3 is 5.97 Å². The van der Waals surface area contributed by atoms with Gasteiger partial charge in [0.2, 0.25) is 0 Å². The summed E-state index contributed by atoms with van der Waals surface area (Å²) in [5.41, 5.74) is 0. The van der Waals surface area contributed by atoms with Crippen LogP contribution in [0.5, 0.6) is 0 Å². The maximum absolute atomic E-state index is 11.2. The molecule has 0 spiro atoms. The summed E-state index contributed by atoms with van der Waals surface area (Å²) in [5, 5.41) is 0.474. The average molecular weight is 215 g/mol. The fourth-order valence-corrected chi connectivity index (χ4v) is 0.932. The molecule has 0 rings (SSSR count). The van der Waals surface area contributed by atoms with Crippen LogP contribution in [-0.4, -0.2) is 23.3 Å². The Hall–Kier alpha value is -1.39. The molecule has 0 saturated carbocycles. The second kappa shape index (κ2) is 7.96. The Labute approximate surface area is 89.3 Å². The van der Waals surface area contributed by atoms with Crippen molar-refractivity contribution in [3.63, 3.8) is 0 Å². The zero-order chi connectivity index (χ0) is 11.7. The third-order valence-electron chi connectivity index (χ3n) is 1.74. The van der Waals surface area contributed by atoms with Gasteiger partial charge in [0.25, 0.3) is 12.3 Å². The number of unbranched alkanes of at least 4 members (excludes halogenated alkanes) is 1. The van der Waals surface area contributed by atoms with Crippen molar-refractivity contribution in [3.8, 4) is 0 Å². The molecule has 0 aromatic carbocycles. The summed E-state index contributed by atoms with van der Waals surface area (Å²) in [5.74, 6) is -1.04. The van der Waals surface area contributed by atoms with E-state index in [-0.39, 0.29) is 19.3 Å². The minimum Gasteiger partial charge on any atom is -0.331 e. The Morgan fingerprint density at radius 2 is 1.87 bits per heavy atom. The van der Waals surface area contributed by atoms with Gasteiger partial charge in [0.1, 0.15) is 0 Å². The molecule has 0 fully saturated rings. The van der Waals surface area contributed by atoms with E-state index in [4.69, 9.17) is 0 Å². The number of hydrogen-bond acceptors (Lipinski definition) is 4. The van der Waals surface area contributed by atoms with Crippen molar-refractivity contribution in [2.75, 3.05) is 0 Å². The van der Waals surface area contributed by atoms with Crippen LogP contribution in [0.25, 0.3) is 0 Å². The minimum absolute atomic E-state index is 0.194. The zero-order valence-electron chi connectivity index (χ0n) is 9.19. The first-order chi connectivity index (χ1) is 7.15. The number of hydroxylamine groups is 2. The topological polar surface area (TPSA) is 63.7 Å². The molecule has 0 heterocycles. The third-order valence-corrected chi connectivity index (χ3v) is 1.74. The molecule has 0 aliphatic carbocycles. The largest absolute Gasteiger partial charge is 0.333 e. The van der Waals surface area contributed by atoms with E-state index < -0.39 is 11.9 Å². The molecular weight excluding hydrogens is 198 g/mol. The van der Waals surface area contributed by atoms with Gasteiger partial charge in [0.05, 0.1) is 0 Å². The first-order valence-electron chi connectivity index (χ1n) is 5.13. The highest BCUT2D eigenvalue weighted by molar-refractivity contribution is 5.86. The van der Waals surface area contributed by atoms with Gasteiger partial charge in [-0.1, -0.05) is 20.3 Å². The average Bonchev–Trinajstić information content (AvgIpc) is 2.23. The van der Waals surface area contributed by atoms with Crippen LogP contribution < -0.4 is 0 Å². The van der Waals surface area contributed by atoms with E-state index >= 15 is 0 Å². The second-order valence-electron chi connectivity index (χ2n) is 3.14. The molecule has 0 saturated heterocycles. The summed E-state index contributed by atoms with van der Waals surface area (Å²) in [6.07, 6.45) is 2.80. The normalized spacial score (nSPS) is 9.47. The first kappa shape index (κ1) is 13.6. The Balaban J connectivity index is 4.03. The Kier molecular flexibility index (Phi) is 7.23. The number of nitrogens with zero attached hydrogens (tertiary/aromatic N) is 1. The highest BCUT2D eigenvalue weighted by Gasteiger charge is 2.16. The summed E-state index contributed by atoms with van der Waals surface area (Å²) in [6.45, 7) is 3.74. The quantitative estimate of drug-likeness (QED) is 0.496. The first-order valence-corrected chi connectivity index (χ1v) is 5.13. The van der Waals surface area contributed by atoms with Gasteiger partial charge in [-0.3, -0.25) is 9.59 Å². The van der Waals surface area contributed by atoms with Gasteiger partial charge in [0.15, 0.2) is 0 Å². The van der Waals surface area contributed by atoms with Crippen LogP contribution in [0.3, 0.4) is 0 Å². The van der Waals surface area contributed by atoms with Crippen molar-refractivity contribution < 1.29 is 19.2 Å². The van der Waals surface area contributed by atoms with Crippen molar-refractivity contribution in [3.05, 3.63) is 0 Å². The Morgan fingerprint density at radius 1 is 1.20 bits per heavy atom. The van der Waals surface area contributed by atoms with E-state index in [1.165, 1.54) is 0 Å². The maximum atomic E-state index is 11.2. The van der Waals surface area contributed by atoms with Crippen LogP contribution >= 0.6 is 0 Å². The summed E-state index contributed by atoms with van der Waals surface area (Å²) in [7, 11) is 0. The van der Waals surface area contributed by atoms with E-state index in [1.807, 2.05) is 6.92 Å². The van der Waals surface area contributed by atoms with Crippen LogP contribution in [0.15, 0.2) is 0 Å². The molecule has 0 radical (unpaired) electrons. The number of amides is 2. The molecule has 0 N–H and O–H groups in total. The summed E-state index contributed by atoms with van der Waals surface area (Å²) in [6, 6.07) is 0. The summed E-state index contributed by atoms with van der Waals surface area (Å²) >= 11 is 0. The molecule has 86 valence electrons. The lowest BCUT2D eigenvalue weighted by molar-refractivity contribution is -0.196. The van der Waals surface area contributed by atoms with E-state index in [0.717, 1.165) is 6.42 Å². The Morgan fingerprint density at radius 3 is 2.33 bits per heavy atom. The molecule has 0 bridgehead atoms. The molecule has 15 heavy (non-hydrogen) atoms. The molecule has 0 aromatic rings. The van der Waals surface area contributed by atoms with Crippen molar-refractivity contribution in [1.29, 1.82) is 0 Å². The van der Waals surface area contributed by atoms with Gasteiger partial charge in [-0.05, 0) is 12.8 Å². The second-order valence-corrected chi connectivity index (χ2v) is 3.14. The molecule has 5 nitrogen and oxygen atoms in total. The highest BCUT2D eigenvalue weighted by atomic mass is 16.7. The van der Waals surface area contributed by atoms with Gasteiger partial charge in [-0.2, -0.15) is 0 Å². The fraction of sp³-hybridized carbons (Fsp3) is 0.700. The molecule has 0 aliphatic rings. The minimum atomic E-state index is -0.548. The third kappa shape index (κ3) is 5.83. The summed E-state index contributed by atoms with van der Waals surface area (Å²) in [4.78, 5) is 37.4. The molecule has 0 atom stereocenters. The van der Waals surface area contributed by atoms with Gasteiger partial charge in [0, 0.05) is 12.8 Å². The van der Waals surface area contributed by atoms with E-state index in [0.29, 0.717) is 17.9 Å². The van der Waals surface area contributed by atoms with Crippen LogP contribution in [-0.2, 0) is 19.2 Å². The van der Waals surface area contributed by atoms with E-state index in [9.17, 15) is 14.4 Å². The number of imide groups is 1. The fourth-order valence-electron chi connectivity index (χ4n) is 0.932. The molecule has 2 amide bonds.